The Hall–Kier alpha value is -1.25. The first-order valence-corrected chi connectivity index (χ1v) is 17.5. The van der Waals surface area contributed by atoms with Crippen LogP contribution in [-0.4, -0.2) is 20.8 Å². The summed E-state index contributed by atoms with van der Waals surface area (Å²) >= 11 is 0. The minimum atomic E-state index is -3.92. The van der Waals surface area contributed by atoms with E-state index < -0.39 is 7.94 Å². The predicted octanol–water partition coefficient (Wildman–Crippen LogP) is 9.82. The van der Waals surface area contributed by atoms with E-state index in [1.54, 1.807) is 0 Å². The molecule has 0 amide bonds. The van der Waals surface area contributed by atoms with Gasteiger partial charge in [0.1, 0.15) is 0 Å². The third kappa shape index (κ3) is 10.2. The first-order chi connectivity index (χ1) is 18.0. The Bertz CT molecular complexity index is 1020. The van der Waals surface area contributed by atoms with Gasteiger partial charge in [-0.3, -0.25) is 0 Å². The van der Waals surface area contributed by atoms with Gasteiger partial charge in [-0.1, -0.05) is 41.5 Å². The molecule has 0 fully saturated rings. The van der Waals surface area contributed by atoms with E-state index in [0.717, 1.165) is 32.1 Å². The fourth-order valence-corrected chi connectivity index (χ4v) is 6.40. The zero-order valence-electron chi connectivity index (χ0n) is 27.8. The summed E-state index contributed by atoms with van der Waals surface area (Å²) < 4.78 is 0. The van der Waals surface area contributed by atoms with Crippen LogP contribution in [0.3, 0.4) is 0 Å². The number of benzene rings is 2. The molecule has 0 radical (unpaired) electrons. The van der Waals surface area contributed by atoms with Gasteiger partial charge >= 0.3 is 195 Å². The molecule has 3 nitrogen and oxygen atoms in total. The molecular formula is C36H61O3P. The summed E-state index contributed by atoms with van der Waals surface area (Å²) in [5, 5.41) is 0. The van der Waals surface area contributed by atoms with Crippen LogP contribution in [0.15, 0.2) is 36.4 Å². The Balaban J connectivity index is 2.58. The van der Waals surface area contributed by atoms with E-state index in [1.165, 1.54) is 33.4 Å². The van der Waals surface area contributed by atoms with Gasteiger partial charge in [0, 0.05) is 0 Å². The summed E-state index contributed by atoms with van der Waals surface area (Å²) in [7, 11) is -3.92. The Morgan fingerprint density at radius 3 is 1.25 bits per heavy atom. The molecule has 4 heteroatoms. The van der Waals surface area contributed by atoms with Gasteiger partial charge in [0.15, 0.2) is 0 Å². The molecule has 0 aromatic heterocycles. The molecule has 3 N–H and O–H groups in total. The van der Waals surface area contributed by atoms with Crippen molar-refractivity contribution in [3.05, 3.63) is 69.8 Å². The standard InChI is InChI=1S/C36H61O3P/c1-33(2,3)26-19-21-29(31(24-26)35(7,8)9)28(18-16-14-13-15-17-23-40(37,38)39)30-22-20-27(34(4,5)6)25-32(30)36(10,11)12/h19-22,24-25,28,37-40H,13-18,23H2,1-12H3. The normalized spacial score (nSPS) is 14.2. The molecule has 0 aliphatic heterocycles. The second-order valence-electron chi connectivity index (χ2n) is 16.2. The van der Waals surface area contributed by atoms with E-state index in [2.05, 4.69) is 119 Å². The van der Waals surface area contributed by atoms with Crippen LogP contribution in [0.2, 0.25) is 0 Å². The molecule has 0 bridgehead atoms. The Labute approximate surface area is 247 Å². The van der Waals surface area contributed by atoms with Crippen LogP contribution in [0.25, 0.3) is 0 Å². The Morgan fingerprint density at radius 1 is 0.525 bits per heavy atom. The van der Waals surface area contributed by atoms with Gasteiger partial charge in [-0.15, -0.1) is 0 Å². The van der Waals surface area contributed by atoms with Crippen molar-refractivity contribution < 1.29 is 14.7 Å². The molecule has 2 aromatic carbocycles. The van der Waals surface area contributed by atoms with Crippen molar-refractivity contribution in [1.82, 2.24) is 0 Å². The van der Waals surface area contributed by atoms with Gasteiger partial charge in [-0.25, -0.2) is 0 Å². The van der Waals surface area contributed by atoms with Crippen molar-refractivity contribution in [1.29, 1.82) is 0 Å². The van der Waals surface area contributed by atoms with Crippen LogP contribution in [-0.2, 0) is 21.7 Å². The van der Waals surface area contributed by atoms with Crippen LogP contribution in [0.4, 0.5) is 0 Å². The topological polar surface area (TPSA) is 60.7 Å². The predicted molar refractivity (Wildman–Crippen MR) is 177 cm³/mol. The molecule has 40 heavy (non-hydrogen) atoms. The van der Waals surface area contributed by atoms with Crippen molar-refractivity contribution in [2.45, 2.75) is 149 Å². The zero-order valence-corrected chi connectivity index (χ0v) is 28.8. The van der Waals surface area contributed by atoms with Crippen LogP contribution >= 0.6 is 7.94 Å². The van der Waals surface area contributed by atoms with Gasteiger partial charge in [-0.05, 0) is 10.8 Å². The fraction of sp³-hybridized carbons (Fsp3) is 0.667. The zero-order chi connectivity index (χ0) is 30.7. The molecule has 0 unspecified atom stereocenters. The molecule has 0 aliphatic rings. The maximum absolute atomic E-state index is 9.32. The maximum atomic E-state index is 9.32. The van der Waals surface area contributed by atoms with E-state index in [1.807, 2.05) is 0 Å². The summed E-state index contributed by atoms with van der Waals surface area (Å²) in [6, 6.07) is 14.5. The number of hydrogen-bond donors (Lipinski definition) is 3. The van der Waals surface area contributed by atoms with Crippen LogP contribution in [0, 0.1) is 0 Å². The molecule has 0 aliphatic carbocycles. The minimum absolute atomic E-state index is 0.0252. The Morgan fingerprint density at radius 2 is 0.900 bits per heavy atom. The van der Waals surface area contributed by atoms with E-state index in [9.17, 15) is 14.7 Å². The molecule has 0 saturated carbocycles. The average Bonchev–Trinajstić information content (AvgIpc) is 2.77. The first kappa shape index (κ1) is 34.9. The SMILES string of the molecule is CC(C)(C)c1ccc(C(CCCCCCC[PH](O)(O)O)c2ccc(C(C)(C)C)cc2C(C)(C)C)c(C(C)(C)C)c1. The molecule has 0 saturated heterocycles. The second kappa shape index (κ2) is 12.9. The first-order valence-electron chi connectivity index (χ1n) is 15.5. The van der Waals surface area contributed by atoms with Crippen molar-refractivity contribution in [2.24, 2.45) is 0 Å². The van der Waals surface area contributed by atoms with Crippen molar-refractivity contribution >= 4 is 7.94 Å². The molecule has 2 rings (SSSR count). The molecular weight excluding hydrogens is 511 g/mol. The summed E-state index contributed by atoms with van der Waals surface area (Å²) in [5.41, 5.74) is 8.80. The third-order valence-corrected chi connectivity index (χ3v) is 9.23. The monoisotopic (exact) mass is 572 g/mol. The molecule has 2 aromatic rings. The molecule has 228 valence electrons. The van der Waals surface area contributed by atoms with Crippen LogP contribution < -0.4 is 0 Å². The Kier molecular flexibility index (Phi) is 11.3. The van der Waals surface area contributed by atoms with Crippen LogP contribution in [0.1, 0.15) is 161 Å². The third-order valence-electron chi connectivity index (χ3n) is 8.21. The van der Waals surface area contributed by atoms with Crippen LogP contribution in [0.5, 0.6) is 0 Å². The molecule has 0 spiro atoms. The van der Waals surface area contributed by atoms with Gasteiger partial charge in [0.2, 0.25) is 0 Å². The van der Waals surface area contributed by atoms with Crippen molar-refractivity contribution in [3.63, 3.8) is 0 Å². The summed E-state index contributed by atoms with van der Waals surface area (Å²) in [6.07, 6.45) is 6.06. The fourth-order valence-electron chi connectivity index (χ4n) is 5.67. The van der Waals surface area contributed by atoms with E-state index in [4.69, 9.17) is 0 Å². The van der Waals surface area contributed by atoms with Crippen molar-refractivity contribution in [3.8, 4) is 0 Å². The number of rotatable bonds is 10. The van der Waals surface area contributed by atoms with Gasteiger partial charge in [0.05, 0.1) is 0 Å². The summed E-state index contributed by atoms with van der Waals surface area (Å²) in [6.45, 7) is 27.8. The molecule has 0 heterocycles. The van der Waals surface area contributed by atoms with Gasteiger partial charge < -0.3 is 0 Å². The van der Waals surface area contributed by atoms with Gasteiger partial charge in [-0.2, -0.15) is 0 Å². The average molecular weight is 573 g/mol. The molecule has 0 atom stereocenters. The van der Waals surface area contributed by atoms with E-state index in [-0.39, 0.29) is 27.8 Å². The number of hydrogen-bond acceptors (Lipinski definition) is 3. The summed E-state index contributed by atoms with van der Waals surface area (Å²) in [5.74, 6) is 0.305. The second-order valence-corrected chi connectivity index (χ2v) is 18.3. The van der Waals surface area contributed by atoms with Gasteiger partial charge in [0.25, 0.3) is 0 Å². The quantitative estimate of drug-likeness (QED) is 0.196. The van der Waals surface area contributed by atoms with Crippen molar-refractivity contribution in [2.75, 3.05) is 6.16 Å². The van der Waals surface area contributed by atoms with E-state index >= 15 is 0 Å². The summed E-state index contributed by atoms with van der Waals surface area (Å²) in [4.78, 5) is 28.0. The van der Waals surface area contributed by atoms with E-state index in [0.29, 0.717) is 12.3 Å². The number of unbranched alkanes of at least 4 members (excludes halogenated alkanes) is 4.